The van der Waals surface area contributed by atoms with Crippen molar-refractivity contribution in [2.24, 2.45) is 17.3 Å². The van der Waals surface area contributed by atoms with Gasteiger partial charge in [0.05, 0.1) is 6.10 Å². The monoisotopic (exact) mass is 251 g/mol. The fraction of sp³-hybridized carbons (Fsp3) is 1.00. The number of hydrogen-bond donors (Lipinski definition) is 1. The van der Waals surface area contributed by atoms with Crippen LogP contribution in [0.25, 0.3) is 0 Å². The summed E-state index contributed by atoms with van der Waals surface area (Å²) in [5.41, 5.74) is 0.452. The standard InChI is InChI=1S/C16H29NO/c1-3-13(4-2)16(11-17-14-7-8-14)9-10-18-15(16)12-5-6-12/h12-15,17H,3-11H2,1-2H3. The summed E-state index contributed by atoms with van der Waals surface area (Å²) in [5, 5.41) is 3.82. The molecule has 0 radical (unpaired) electrons. The zero-order chi connectivity index (χ0) is 12.6. The van der Waals surface area contributed by atoms with Crippen molar-refractivity contribution in [1.29, 1.82) is 0 Å². The molecule has 0 amide bonds. The first-order valence-corrected chi connectivity index (χ1v) is 8.15. The smallest absolute Gasteiger partial charge is 0.0675 e. The van der Waals surface area contributed by atoms with Gasteiger partial charge in [0.2, 0.25) is 0 Å². The molecule has 3 aliphatic rings. The second-order valence-electron chi connectivity index (χ2n) is 6.78. The van der Waals surface area contributed by atoms with E-state index in [4.69, 9.17) is 4.74 Å². The van der Waals surface area contributed by atoms with E-state index in [9.17, 15) is 0 Å². The second kappa shape index (κ2) is 5.13. The number of hydrogen-bond acceptors (Lipinski definition) is 2. The third kappa shape index (κ3) is 2.34. The van der Waals surface area contributed by atoms with Crippen molar-refractivity contribution in [3.63, 3.8) is 0 Å². The van der Waals surface area contributed by atoms with Crippen LogP contribution < -0.4 is 5.32 Å². The highest BCUT2D eigenvalue weighted by molar-refractivity contribution is 5.04. The summed E-state index contributed by atoms with van der Waals surface area (Å²) in [7, 11) is 0. The van der Waals surface area contributed by atoms with Gasteiger partial charge in [0.15, 0.2) is 0 Å². The fourth-order valence-corrected chi connectivity index (χ4v) is 4.18. The summed E-state index contributed by atoms with van der Waals surface area (Å²) in [4.78, 5) is 0. The Morgan fingerprint density at radius 1 is 1.17 bits per heavy atom. The van der Waals surface area contributed by atoms with Gasteiger partial charge in [-0.15, -0.1) is 0 Å². The minimum atomic E-state index is 0.452. The lowest BCUT2D eigenvalue weighted by Gasteiger charge is -2.41. The molecular weight excluding hydrogens is 222 g/mol. The van der Waals surface area contributed by atoms with Crippen molar-refractivity contribution in [3.8, 4) is 0 Å². The predicted octanol–water partition coefficient (Wildman–Crippen LogP) is 3.36. The van der Waals surface area contributed by atoms with E-state index in [0.29, 0.717) is 11.5 Å². The summed E-state index contributed by atoms with van der Waals surface area (Å²) < 4.78 is 6.19. The zero-order valence-corrected chi connectivity index (χ0v) is 12.1. The maximum Gasteiger partial charge on any atom is 0.0675 e. The highest BCUT2D eigenvalue weighted by Gasteiger charge is 2.53. The molecular formula is C16H29NO. The average Bonchev–Trinajstić information content (AvgIpc) is 3.29. The van der Waals surface area contributed by atoms with Crippen molar-refractivity contribution in [3.05, 3.63) is 0 Å². The van der Waals surface area contributed by atoms with Gasteiger partial charge in [0.25, 0.3) is 0 Å². The zero-order valence-electron chi connectivity index (χ0n) is 12.1. The molecule has 1 saturated heterocycles. The molecule has 18 heavy (non-hydrogen) atoms. The third-order valence-electron chi connectivity index (χ3n) is 5.58. The first-order chi connectivity index (χ1) is 8.80. The molecule has 0 spiro atoms. The minimum absolute atomic E-state index is 0.452. The van der Waals surface area contributed by atoms with Crippen LogP contribution in [-0.4, -0.2) is 25.3 Å². The molecule has 2 nitrogen and oxygen atoms in total. The van der Waals surface area contributed by atoms with Crippen molar-refractivity contribution in [2.75, 3.05) is 13.2 Å². The summed E-state index contributed by atoms with van der Waals surface area (Å²) in [6.07, 6.45) is 10.1. The Labute approximate surface area is 112 Å². The molecule has 0 aromatic carbocycles. The lowest BCUT2D eigenvalue weighted by Crippen LogP contribution is -2.47. The van der Waals surface area contributed by atoms with Crippen LogP contribution in [0.2, 0.25) is 0 Å². The molecule has 1 heterocycles. The van der Waals surface area contributed by atoms with Crippen LogP contribution in [-0.2, 0) is 4.74 Å². The van der Waals surface area contributed by atoms with Gasteiger partial charge >= 0.3 is 0 Å². The molecule has 2 saturated carbocycles. The Morgan fingerprint density at radius 2 is 1.89 bits per heavy atom. The molecule has 2 atom stereocenters. The maximum absolute atomic E-state index is 6.19. The van der Waals surface area contributed by atoms with Gasteiger partial charge in [0, 0.05) is 24.6 Å². The van der Waals surface area contributed by atoms with Gasteiger partial charge < -0.3 is 10.1 Å². The third-order valence-corrected chi connectivity index (χ3v) is 5.58. The Kier molecular flexibility index (Phi) is 3.68. The molecule has 1 aliphatic heterocycles. The van der Waals surface area contributed by atoms with Crippen molar-refractivity contribution < 1.29 is 4.74 Å². The molecule has 104 valence electrons. The molecule has 1 N–H and O–H groups in total. The van der Waals surface area contributed by atoms with E-state index in [-0.39, 0.29) is 0 Å². The molecule has 2 aliphatic carbocycles. The van der Waals surface area contributed by atoms with E-state index >= 15 is 0 Å². The largest absolute Gasteiger partial charge is 0.377 e. The quantitative estimate of drug-likeness (QED) is 0.749. The molecule has 2 unspecified atom stereocenters. The van der Waals surface area contributed by atoms with Crippen LogP contribution in [0.15, 0.2) is 0 Å². The summed E-state index contributed by atoms with van der Waals surface area (Å²) >= 11 is 0. The van der Waals surface area contributed by atoms with Gasteiger partial charge in [-0.3, -0.25) is 0 Å². The molecule has 2 heteroatoms. The van der Waals surface area contributed by atoms with Crippen molar-refractivity contribution >= 4 is 0 Å². The van der Waals surface area contributed by atoms with Crippen molar-refractivity contribution in [1.82, 2.24) is 5.32 Å². The highest BCUT2D eigenvalue weighted by atomic mass is 16.5. The van der Waals surface area contributed by atoms with Crippen LogP contribution in [0.4, 0.5) is 0 Å². The van der Waals surface area contributed by atoms with Crippen LogP contribution in [0.3, 0.4) is 0 Å². The van der Waals surface area contributed by atoms with Gasteiger partial charge in [-0.1, -0.05) is 26.7 Å². The molecule has 3 fully saturated rings. The van der Waals surface area contributed by atoms with E-state index in [1.54, 1.807) is 0 Å². The van der Waals surface area contributed by atoms with Gasteiger partial charge in [0.1, 0.15) is 0 Å². The first-order valence-electron chi connectivity index (χ1n) is 8.15. The minimum Gasteiger partial charge on any atom is -0.377 e. The summed E-state index contributed by atoms with van der Waals surface area (Å²) in [6, 6.07) is 0.830. The van der Waals surface area contributed by atoms with Crippen LogP contribution in [0.1, 0.15) is 58.8 Å². The average molecular weight is 251 g/mol. The predicted molar refractivity (Wildman–Crippen MR) is 74.6 cm³/mol. The van der Waals surface area contributed by atoms with E-state index in [1.165, 1.54) is 51.5 Å². The summed E-state index contributed by atoms with van der Waals surface area (Å²) in [6.45, 7) is 6.96. The van der Waals surface area contributed by atoms with Crippen molar-refractivity contribution in [2.45, 2.75) is 70.9 Å². The summed E-state index contributed by atoms with van der Waals surface area (Å²) in [5.74, 6) is 1.73. The lowest BCUT2D eigenvalue weighted by molar-refractivity contribution is -0.00357. The Balaban J connectivity index is 1.75. The Bertz CT molecular complexity index is 281. The first kappa shape index (κ1) is 12.9. The number of nitrogens with one attached hydrogen (secondary N) is 1. The van der Waals surface area contributed by atoms with Gasteiger partial charge in [-0.25, -0.2) is 0 Å². The van der Waals surface area contributed by atoms with E-state index < -0.39 is 0 Å². The van der Waals surface area contributed by atoms with E-state index in [1.807, 2.05) is 0 Å². The van der Waals surface area contributed by atoms with Crippen LogP contribution in [0, 0.1) is 17.3 Å². The maximum atomic E-state index is 6.19. The molecule has 0 aromatic heterocycles. The molecule has 0 bridgehead atoms. The lowest BCUT2D eigenvalue weighted by atomic mass is 9.66. The number of rotatable bonds is 7. The van der Waals surface area contributed by atoms with E-state index in [2.05, 4.69) is 19.2 Å². The second-order valence-corrected chi connectivity index (χ2v) is 6.78. The van der Waals surface area contributed by atoms with Gasteiger partial charge in [-0.05, 0) is 43.9 Å². The van der Waals surface area contributed by atoms with E-state index in [0.717, 1.165) is 24.5 Å². The Hall–Kier alpha value is -0.0800. The molecule has 0 aromatic rings. The Morgan fingerprint density at radius 3 is 2.44 bits per heavy atom. The number of ether oxygens (including phenoxy) is 1. The topological polar surface area (TPSA) is 21.3 Å². The fourth-order valence-electron chi connectivity index (χ4n) is 4.18. The SMILES string of the molecule is CCC(CC)C1(CNC2CC2)CCOC1C1CC1. The van der Waals surface area contributed by atoms with Gasteiger partial charge in [-0.2, -0.15) is 0 Å². The normalized spacial score (nSPS) is 36.5. The van der Waals surface area contributed by atoms with Crippen LogP contribution >= 0.6 is 0 Å². The highest BCUT2D eigenvalue weighted by Crippen LogP contribution is 2.53. The molecule has 3 rings (SSSR count). The van der Waals surface area contributed by atoms with Crippen LogP contribution in [0.5, 0.6) is 0 Å².